The molecule has 0 aromatic heterocycles. The minimum atomic E-state index is 0.141. The van der Waals surface area contributed by atoms with E-state index in [1.807, 2.05) is 0 Å². The minimum Gasteiger partial charge on any atom is -0.369 e. The zero-order valence-electron chi connectivity index (χ0n) is 17.5. The van der Waals surface area contributed by atoms with Crippen molar-refractivity contribution in [1.29, 1.82) is 0 Å². The van der Waals surface area contributed by atoms with Crippen molar-refractivity contribution in [1.82, 2.24) is 10.6 Å². The molecule has 158 valence electrons. The van der Waals surface area contributed by atoms with Crippen LogP contribution in [0.2, 0.25) is 0 Å². The Balaban J connectivity index is 1.12. The lowest BCUT2D eigenvalue weighted by molar-refractivity contribution is -0.127. The second-order valence-electron chi connectivity index (χ2n) is 9.10. The molecule has 0 bridgehead atoms. The Bertz CT molecular complexity index is 706. The smallest absolute Gasteiger partial charge is 0.223 e. The molecule has 1 aliphatic heterocycles. The highest BCUT2D eigenvalue weighted by atomic mass is 16.2. The Hall–Kier alpha value is -2.04. The lowest BCUT2D eigenvalue weighted by atomic mass is 9.81. The van der Waals surface area contributed by atoms with Gasteiger partial charge in [-0.1, -0.05) is 31.0 Å². The van der Waals surface area contributed by atoms with E-state index in [2.05, 4.69) is 39.8 Å². The van der Waals surface area contributed by atoms with Crippen LogP contribution < -0.4 is 15.5 Å². The van der Waals surface area contributed by atoms with Crippen molar-refractivity contribution >= 4 is 17.5 Å². The molecule has 5 heteroatoms. The second kappa shape index (κ2) is 9.64. The van der Waals surface area contributed by atoms with E-state index in [1.54, 1.807) is 0 Å². The van der Waals surface area contributed by atoms with Gasteiger partial charge in [-0.05, 0) is 62.5 Å². The summed E-state index contributed by atoms with van der Waals surface area (Å²) in [4.78, 5) is 27.1. The number of para-hydroxylation sites is 1. The van der Waals surface area contributed by atoms with Crippen LogP contribution in [-0.4, -0.2) is 38.0 Å². The van der Waals surface area contributed by atoms with E-state index in [0.29, 0.717) is 12.5 Å². The van der Waals surface area contributed by atoms with Crippen molar-refractivity contribution in [3.63, 3.8) is 0 Å². The van der Waals surface area contributed by atoms with Gasteiger partial charge in [-0.2, -0.15) is 0 Å². The molecule has 0 radical (unpaired) electrons. The van der Waals surface area contributed by atoms with Gasteiger partial charge in [0.2, 0.25) is 11.8 Å². The summed E-state index contributed by atoms with van der Waals surface area (Å²) in [7, 11) is 0. The fourth-order valence-corrected chi connectivity index (χ4v) is 5.30. The first-order valence-electron chi connectivity index (χ1n) is 11.6. The van der Waals surface area contributed by atoms with E-state index in [9.17, 15) is 9.59 Å². The van der Waals surface area contributed by atoms with Gasteiger partial charge >= 0.3 is 0 Å². The molecular formula is C24H35N3O2. The molecule has 1 aromatic rings. The molecule has 1 heterocycles. The molecule has 0 saturated heterocycles. The predicted molar refractivity (Wildman–Crippen MR) is 116 cm³/mol. The number of anilines is 1. The van der Waals surface area contributed by atoms with Gasteiger partial charge in [0.1, 0.15) is 0 Å². The van der Waals surface area contributed by atoms with Crippen molar-refractivity contribution in [2.24, 2.45) is 17.8 Å². The molecule has 29 heavy (non-hydrogen) atoms. The number of nitrogens with one attached hydrogen (secondary N) is 2. The maximum absolute atomic E-state index is 12.6. The van der Waals surface area contributed by atoms with Gasteiger partial charge in [-0.3, -0.25) is 9.59 Å². The molecule has 2 amide bonds. The van der Waals surface area contributed by atoms with Gasteiger partial charge in [0.25, 0.3) is 0 Å². The van der Waals surface area contributed by atoms with Crippen molar-refractivity contribution in [3.8, 4) is 0 Å². The van der Waals surface area contributed by atoms with Gasteiger partial charge in [0.05, 0.1) is 0 Å². The third kappa shape index (κ3) is 5.12. The van der Waals surface area contributed by atoms with Gasteiger partial charge < -0.3 is 15.5 Å². The molecule has 5 nitrogen and oxygen atoms in total. The number of hydrogen-bond acceptors (Lipinski definition) is 3. The average Bonchev–Trinajstić information content (AvgIpc) is 3.43. The molecule has 2 saturated carbocycles. The van der Waals surface area contributed by atoms with Crippen LogP contribution in [0.4, 0.5) is 5.69 Å². The Morgan fingerprint density at radius 3 is 2.38 bits per heavy atom. The number of rotatable bonds is 7. The lowest BCUT2D eigenvalue weighted by Gasteiger charge is -2.28. The van der Waals surface area contributed by atoms with Gasteiger partial charge in [0, 0.05) is 43.7 Å². The number of fused-ring (bicyclic) bond motifs is 1. The summed E-state index contributed by atoms with van der Waals surface area (Å²) in [5, 5.41) is 6.33. The second-order valence-corrected chi connectivity index (χ2v) is 9.10. The van der Waals surface area contributed by atoms with Crippen LogP contribution >= 0.6 is 0 Å². The van der Waals surface area contributed by atoms with Crippen molar-refractivity contribution in [2.45, 2.75) is 57.8 Å². The maximum atomic E-state index is 12.6. The van der Waals surface area contributed by atoms with E-state index < -0.39 is 0 Å². The molecule has 0 unspecified atom stereocenters. The van der Waals surface area contributed by atoms with Crippen LogP contribution in [0.25, 0.3) is 0 Å². The van der Waals surface area contributed by atoms with Crippen molar-refractivity contribution < 1.29 is 9.59 Å². The zero-order chi connectivity index (χ0) is 20.1. The van der Waals surface area contributed by atoms with Gasteiger partial charge in [-0.25, -0.2) is 0 Å². The molecule has 2 N–H and O–H groups in total. The molecule has 0 spiro atoms. The van der Waals surface area contributed by atoms with Gasteiger partial charge in [0.15, 0.2) is 0 Å². The minimum absolute atomic E-state index is 0.141. The summed E-state index contributed by atoms with van der Waals surface area (Å²) >= 11 is 0. The summed E-state index contributed by atoms with van der Waals surface area (Å²) in [5.41, 5.74) is 2.74. The number of nitrogens with zero attached hydrogens (tertiary/aromatic N) is 1. The highest BCUT2D eigenvalue weighted by molar-refractivity contribution is 5.79. The van der Waals surface area contributed by atoms with Crippen molar-refractivity contribution in [3.05, 3.63) is 29.8 Å². The Labute approximate surface area is 174 Å². The van der Waals surface area contributed by atoms with E-state index in [-0.39, 0.29) is 23.7 Å². The summed E-state index contributed by atoms with van der Waals surface area (Å²) in [6.45, 7) is 3.43. The first-order chi connectivity index (χ1) is 14.2. The van der Waals surface area contributed by atoms with E-state index in [1.165, 1.54) is 24.1 Å². The number of amides is 2. The molecule has 0 atom stereocenters. The van der Waals surface area contributed by atoms with Crippen LogP contribution in [0.1, 0.15) is 56.9 Å². The SMILES string of the molecule is O=C(NCCN1CCc2ccccc21)C1CCC(CNC(=O)C2CCCC2)CC1. The number of benzene rings is 1. The van der Waals surface area contributed by atoms with E-state index in [0.717, 1.165) is 64.6 Å². The Morgan fingerprint density at radius 1 is 0.897 bits per heavy atom. The average molecular weight is 398 g/mol. The standard InChI is InChI=1S/C24H35N3O2/c28-23(25-14-16-27-15-13-19-5-3-4-8-22(19)27)21-11-9-18(10-12-21)17-26-24(29)20-6-1-2-7-20/h3-5,8,18,20-21H,1-2,6-7,9-17H2,(H,25,28)(H,26,29). The van der Waals surface area contributed by atoms with Gasteiger partial charge in [-0.15, -0.1) is 0 Å². The van der Waals surface area contributed by atoms with Crippen molar-refractivity contribution in [2.75, 3.05) is 31.1 Å². The fourth-order valence-electron chi connectivity index (χ4n) is 5.30. The molecule has 1 aromatic carbocycles. The largest absolute Gasteiger partial charge is 0.369 e. The monoisotopic (exact) mass is 397 g/mol. The fraction of sp³-hybridized carbons (Fsp3) is 0.667. The molecule has 3 aliphatic rings. The zero-order valence-corrected chi connectivity index (χ0v) is 17.5. The third-order valence-corrected chi connectivity index (χ3v) is 7.17. The normalized spacial score (nSPS) is 24.3. The van der Waals surface area contributed by atoms with E-state index >= 15 is 0 Å². The number of hydrogen-bond donors (Lipinski definition) is 2. The molecule has 2 aliphatic carbocycles. The van der Waals surface area contributed by atoms with Crippen LogP contribution in [0.15, 0.2) is 24.3 Å². The van der Waals surface area contributed by atoms with Crippen LogP contribution in [0, 0.1) is 17.8 Å². The van der Waals surface area contributed by atoms with Crippen LogP contribution in [0.5, 0.6) is 0 Å². The topological polar surface area (TPSA) is 61.4 Å². The highest BCUT2D eigenvalue weighted by Gasteiger charge is 2.28. The summed E-state index contributed by atoms with van der Waals surface area (Å²) in [6.07, 6.45) is 9.59. The quantitative estimate of drug-likeness (QED) is 0.742. The third-order valence-electron chi connectivity index (χ3n) is 7.17. The highest BCUT2D eigenvalue weighted by Crippen LogP contribution is 2.30. The van der Waals surface area contributed by atoms with E-state index in [4.69, 9.17) is 0 Å². The first-order valence-corrected chi connectivity index (χ1v) is 11.6. The number of carbonyl (C=O) groups excluding carboxylic acids is 2. The maximum Gasteiger partial charge on any atom is 0.223 e. The Morgan fingerprint density at radius 2 is 1.59 bits per heavy atom. The Kier molecular flexibility index (Phi) is 6.73. The summed E-state index contributed by atoms with van der Waals surface area (Å²) in [5.74, 6) is 1.39. The summed E-state index contributed by atoms with van der Waals surface area (Å²) in [6, 6.07) is 8.56. The predicted octanol–water partition coefficient (Wildman–Crippen LogP) is 3.28. The number of carbonyl (C=O) groups is 2. The molecule has 2 fully saturated rings. The first kappa shape index (κ1) is 20.2. The van der Waals surface area contributed by atoms with Crippen LogP contribution in [0.3, 0.4) is 0 Å². The molecule has 4 rings (SSSR count). The lowest BCUT2D eigenvalue weighted by Crippen LogP contribution is -2.39. The van der Waals surface area contributed by atoms with Crippen LogP contribution in [-0.2, 0) is 16.0 Å². The summed E-state index contributed by atoms with van der Waals surface area (Å²) < 4.78 is 0. The molecular weight excluding hydrogens is 362 g/mol.